The molecule has 0 aliphatic heterocycles. The van der Waals surface area contributed by atoms with Crippen LogP contribution in [0.2, 0.25) is 0 Å². The lowest BCUT2D eigenvalue weighted by atomic mass is 10.1. The molecule has 1 rings (SSSR count). The summed E-state index contributed by atoms with van der Waals surface area (Å²) in [5.41, 5.74) is 1.41. The van der Waals surface area contributed by atoms with Gasteiger partial charge in [-0.05, 0) is 24.1 Å². The number of anilines is 1. The van der Waals surface area contributed by atoms with Crippen molar-refractivity contribution in [3.05, 3.63) is 29.6 Å². The molecule has 66 valence electrons. The van der Waals surface area contributed by atoms with E-state index in [1.54, 1.807) is 19.2 Å². The van der Waals surface area contributed by atoms with Crippen molar-refractivity contribution in [3.8, 4) is 0 Å². The Kier molecular flexibility index (Phi) is 3.05. The lowest BCUT2D eigenvalue weighted by molar-refractivity contribution is 0.299. The first-order valence-corrected chi connectivity index (χ1v) is 3.85. The molecule has 0 unspecified atom stereocenters. The molecule has 2 nitrogen and oxygen atoms in total. The molecule has 0 atom stereocenters. The van der Waals surface area contributed by atoms with Gasteiger partial charge >= 0.3 is 0 Å². The molecule has 12 heavy (non-hydrogen) atoms. The first-order chi connectivity index (χ1) is 5.77. The standard InChI is InChI=1S/C9H12FNO/c1-11-9-6-7(4-5-12)2-3-8(9)10/h2-3,6,11-12H,4-5H2,1H3. The molecule has 1 aromatic rings. The van der Waals surface area contributed by atoms with E-state index in [4.69, 9.17) is 5.11 Å². The van der Waals surface area contributed by atoms with Crippen LogP contribution >= 0.6 is 0 Å². The minimum Gasteiger partial charge on any atom is -0.396 e. The van der Waals surface area contributed by atoms with E-state index >= 15 is 0 Å². The summed E-state index contributed by atoms with van der Waals surface area (Å²) in [5, 5.41) is 11.4. The molecule has 0 aliphatic rings. The molecule has 0 fully saturated rings. The normalized spacial score (nSPS) is 9.92. The highest BCUT2D eigenvalue weighted by atomic mass is 19.1. The minimum atomic E-state index is -0.265. The maximum Gasteiger partial charge on any atom is 0.146 e. The smallest absolute Gasteiger partial charge is 0.146 e. The lowest BCUT2D eigenvalue weighted by Gasteiger charge is -2.04. The fourth-order valence-corrected chi connectivity index (χ4v) is 1.05. The molecule has 0 aliphatic carbocycles. The molecule has 2 N–H and O–H groups in total. The Morgan fingerprint density at radius 1 is 1.50 bits per heavy atom. The van der Waals surface area contributed by atoms with Crippen LogP contribution in [0.5, 0.6) is 0 Å². The van der Waals surface area contributed by atoms with E-state index in [0.29, 0.717) is 12.1 Å². The van der Waals surface area contributed by atoms with Crippen LogP contribution in [0.25, 0.3) is 0 Å². The quantitative estimate of drug-likeness (QED) is 0.716. The van der Waals surface area contributed by atoms with Crippen molar-refractivity contribution < 1.29 is 9.50 Å². The third-order valence-electron chi connectivity index (χ3n) is 1.70. The zero-order valence-electron chi connectivity index (χ0n) is 6.97. The predicted molar refractivity (Wildman–Crippen MR) is 46.7 cm³/mol. The van der Waals surface area contributed by atoms with Gasteiger partial charge in [0.25, 0.3) is 0 Å². The fourth-order valence-electron chi connectivity index (χ4n) is 1.05. The Morgan fingerprint density at radius 2 is 2.25 bits per heavy atom. The van der Waals surface area contributed by atoms with Crippen LogP contribution in [-0.4, -0.2) is 18.8 Å². The zero-order valence-corrected chi connectivity index (χ0v) is 6.97. The third-order valence-corrected chi connectivity index (χ3v) is 1.70. The second-order valence-corrected chi connectivity index (χ2v) is 2.54. The van der Waals surface area contributed by atoms with Crippen LogP contribution in [0.15, 0.2) is 18.2 Å². The Balaban J connectivity index is 2.89. The highest BCUT2D eigenvalue weighted by Gasteiger charge is 2.00. The summed E-state index contributed by atoms with van der Waals surface area (Å²) in [5.74, 6) is -0.265. The summed E-state index contributed by atoms with van der Waals surface area (Å²) in [6, 6.07) is 4.77. The van der Waals surface area contributed by atoms with Gasteiger partial charge in [0.15, 0.2) is 0 Å². The van der Waals surface area contributed by atoms with E-state index < -0.39 is 0 Å². The Labute approximate surface area is 71.0 Å². The van der Waals surface area contributed by atoms with Crippen LogP contribution in [-0.2, 0) is 6.42 Å². The first kappa shape index (κ1) is 9.00. The van der Waals surface area contributed by atoms with Crippen molar-refractivity contribution in [2.75, 3.05) is 19.0 Å². The van der Waals surface area contributed by atoms with Gasteiger partial charge < -0.3 is 10.4 Å². The molecule has 0 radical (unpaired) electrons. The molecular formula is C9H12FNO. The van der Waals surface area contributed by atoms with Gasteiger partial charge in [0.2, 0.25) is 0 Å². The van der Waals surface area contributed by atoms with Crippen LogP contribution in [0, 0.1) is 5.82 Å². The maximum absolute atomic E-state index is 12.9. The Hall–Kier alpha value is -1.09. The average molecular weight is 169 g/mol. The number of aliphatic hydroxyl groups excluding tert-OH is 1. The topological polar surface area (TPSA) is 32.3 Å². The Bertz CT molecular complexity index is 263. The van der Waals surface area contributed by atoms with Crippen molar-refractivity contribution >= 4 is 5.69 Å². The predicted octanol–water partition coefficient (Wildman–Crippen LogP) is 1.40. The second-order valence-electron chi connectivity index (χ2n) is 2.54. The molecule has 0 aromatic heterocycles. The molecular weight excluding hydrogens is 157 g/mol. The fraction of sp³-hybridized carbons (Fsp3) is 0.333. The van der Waals surface area contributed by atoms with Crippen LogP contribution in [0.3, 0.4) is 0 Å². The Morgan fingerprint density at radius 3 is 2.83 bits per heavy atom. The summed E-state index contributed by atoms with van der Waals surface area (Å²) < 4.78 is 12.9. The molecule has 0 amide bonds. The second kappa shape index (κ2) is 4.07. The van der Waals surface area contributed by atoms with Crippen LogP contribution in [0.4, 0.5) is 10.1 Å². The van der Waals surface area contributed by atoms with Gasteiger partial charge in [0, 0.05) is 13.7 Å². The average Bonchev–Trinajstić information content (AvgIpc) is 2.09. The first-order valence-electron chi connectivity index (χ1n) is 3.85. The number of halogens is 1. The molecule has 0 saturated heterocycles. The van der Waals surface area contributed by atoms with E-state index in [2.05, 4.69) is 5.32 Å². The molecule has 1 aromatic carbocycles. The van der Waals surface area contributed by atoms with Gasteiger partial charge in [-0.25, -0.2) is 4.39 Å². The van der Waals surface area contributed by atoms with Crippen LogP contribution < -0.4 is 5.32 Å². The van der Waals surface area contributed by atoms with Crippen molar-refractivity contribution in [2.24, 2.45) is 0 Å². The number of hydrogen-bond acceptors (Lipinski definition) is 2. The molecule has 0 saturated carbocycles. The van der Waals surface area contributed by atoms with Crippen molar-refractivity contribution in [3.63, 3.8) is 0 Å². The van der Waals surface area contributed by atoms with Crippen LogP contribution in [0.1, 0.15) is 5.56 Å². The largest absolute Gasteiger partial charge is 0.396 e. The van der Waals surface area contributed by atoms with E-state index in [0.717, 1.165) is 5.56 Å². The van der Waals surface area contributed by atoms with Gasteiger partial charge in [0.05, 0.1) is 5.69 Å². The number of benzene rings is 1. The van der Waals surface area contributed by atoms with Crippen molar-refractivity contribution in [1.82, 2.24) is 0 Å². The highest BCUT2D eigenvalue weighted by Crippen LogP contribution is 2.15. The van der Waals surface area contributed by atoms with Gasteiger partial charge in [0.1, 0.15) is 5.82 Å². The summed E-state index contributed by atoms with van der Waals surface area (Å²) in [6.07, 6.45) is 0.564. The summed E-state index contributed by atoms with van der Waals surface area (Å²) in [7, 11) is 1.67. The number of rotatable bonds is 3. The summed E-state index contributed by atoms with van der Waals surface area (Å²) in [6.45, 7) is 0.0921. The molecule has 3 heteroatoms. The number of nitrogens with one attached hydrogen (secondary N) is 1. The zero-order chi connectivity index (χ0) is 8.97. The van der Waals surface area contributed by atoms with E-state index in [1.807, 2.05) is 0 Å². The summed E-state index contributed by atoms with van der Waals surface area (Å²) >= 11 is 0. The van der Waals surface area contributed by atoms with Crippen molar-refractivity contribution in [2.45, 2.75) is 6.42 Å². The van der Waals surface area contributed by atoms with Gasteiger partial charge in [-0.2, -0.15) is 0 Å². The van der Waals surface area contributed by atoms with E-state index in [9.17, 15) is 4.39 Å². The molecule has 0 spiro atoms. The minimum absolute atomic E-state index is 0.0921. The SMILES string of the molecule is CNc1cc(CCO)ccc1F. The van der Waals surface area contributed by atoms with Gasteiger partial charge in [-0.1, -0.05) is 6.07 Å². The van der Waals surface area contributed by atoms with Crippen molar-refractivity contribution in [1.29, 1.82) is 0 Å². The van der Waals surface area contributed by atoms with E-state index in [1.165, 1.54) is 6.07 Å². The highest BCUT2D eigenvalue weighted by molar-refractivity contribution is 5.46. The third kappa shape index (κ3) is 1.95. The lowest BCUT2D eigenvalue weighted by Crippen LogP contribution is -1.96. The van der Waals surface area contributed by atoms with Gasteiger partial charge in [-0.3, -0.25) is 0 Å². The monoisotopic (exact) mass is 169 g/mol. The number of hydrogen-bond donors (Lipinski definition) is 2. The number of aliphatic hydroxyl groups is 1. The maximum atomic E-state index is 12.9. The summed E-state index contributed by atoms with van der Waals surface area (Å²) in [4.78, 5) is 0. The van der Waals surface area contributed by atoms with Gasteiger partial charge in [-0.15, -0.1) is 0 Å². The molecule has 0 heterocycles. The molecule has 0 bridgehead atoms. The van der Waals surface area contributed by atoms with E-state index in [-0.39, 0.29) is 12.4 Å².